The van der Waals surface area contributed by atoms with Gasteiger partial charge in [-0.25, -0.2) is 0 Å². The van der Waals surface area contributed by atoms with Gasteiger partial charge in [-0.1, -0.05) is 164 Å². The van der Waals surface area contributed by atoms with Crippen LogP contribution in [0.25, 0.3) is 93.6 Å². The Morgan fingerprint density at radius 3 is 1.75 bits per heavy atom. The zero-order valence-corrected chi connectivity index (χ0v) is 33.2. The monoisotopic (exact) mass is 778 g/mol. The lowest BCUT2D eigenvalue weighted by Crippen LogP contribution is -2.12. The largest absolute Gasteiger partial charge is 0.455 e. The van der Waals surface area contributed by atoms with E-state index in [9.17, 15) is 0 Å². The van der Waals surface area contributed by atoms with Gasteiger partial charge >= 0.3 is 0 Å². The van der Waals surface area contributed by atoms with Gasteiger partial charge < -0.3 is 13.9 Å². The number of benzene rings is 10. The van der Waals surface area contributed by atoms with Gasteiger partial charge in [0.15, 0.2) is 0 Å². The zero-order chi connectivity index (χ0) is 40.3. The van der Waals surface area contributed by atoms with Crippen LogP contribution in [0.4, 0.5) is 17.1 Å². The Kier molecular flexibility index (Phi) is 8.17. The standard InChI is InChI=1S/C58H38N2O/c1-2-15-39(16-3-1)42-18-12-19-43(37-42)40-31-34-44(35-32-40)59(45-20-13-21-46(38-45)60-54-28-10-6-23-48(54)49-24-7-11-29-55(49)60)53-27-9-8-25-50(53)51-26-14-30-56-57(51)52-36-33-41-17-4-5-22-47(41)58(52)61-56/h1-38H. The van der Waals surface area contributed by atoms with Crippen LogP contribution in [0.15, 0.2) is 235 Å². The summed E-state index contributed by atoms with van der Waals surface area (Å²) in [5.74, 6) is 0. The smallest absolute Gasteiger partial charge is 0.143 e. The molecule has 0 saturated heterocycles. The Labute approximate surface area is 353 Å². The number of fused-ring (bicyclic) bond motifs is 8. The van der Waals surface area contributed by atoms with Crippen LogP contribution in [-0.2, 0) is 0 Å². The lowest BCUT2D eigenvalue weighted by molar-refractivity contribution is 0.673. The van der Waals surface area contributed by atoms with Gasteiger partial charge in [0.1, 0.15) is 11.2 Å². The summed E-state index contributed by atoms with van der Waals surface area (Å²) in [6.45, 7) is 0. The molecule has 0 amide bonds. The quantitative estimate of drug-likeness (QED) is 0.161. The third-order valence-corrected chi connectivity index (χ3v) is 12.2. The number of hydrogen-bond donors (Lipinski definition) is 0. The van der Waals surface area contributed by atoms with Crippen LogP contribution < -0.4 is 4.90 Å². The topological polar surface area (TPSA) is 21.3 Å². The van der Waals surface area contributed by atoms with Crippen LogP contribution >= 0.6 is 0 Å². The molecule has 61 heavy (non-hydrogen) atoms. The molecular weight excluding hydrogens is 741 g/mol. The van der Waals surface area contributed by atoms with E-state index < -0.39 is 0 Å². The average molecular weight is 779 g/mol. The van der Waals surface area contributed by atoms with Crippen molar-refractivity contribution in [1.82, 2.24) is 4.57 Å². The maximum atomic E-state index is 6.70. The molecule has 12 aromatic rings. The Hall–Kier alpha value is -8.14. The van der Waals surface area contributed by atoms with Crippen molar-refractivity contribution in [3.63, 3.8) is 0 Å². The molecule has 2 aromatic heterocycles. The maximum Gasteiger partial charge on any atom is 0.143 e. The molecule has 0 bridgehead atoms. The average Bonchev–Trinajstić information content (AvgIpc) is 3.89. The van der Waals surface area contributed by atoms with Crippen molar-refractivity contribution in [1.29, 1.82) is 0 Å². The summed E-state index contributed by atoms with van der Waals surface area (Å²) in [4.78, 5) is 2.41. The van der Waals surface area contributed by atoms with Crippen LogP contribution in [0.1, 0.15) is 0 Å². The van der Waals surface area contributed by atoms with E-state index in [2.05, 4.69) is 240 Å². The van der Waals surface area contributed by atoms with E-state index in [4.69, 9.17) is 4.42 Å². The third-order valence-electron chi connectivity index (χ3n) is 12.2. The molecule has 0 spiro atoms. The van der Waals surface area contributed by atoms with Crippen molar-refractivity contribution < 1.29 is 4.42 Å². The molecule has 3 heteroatoms. The number of anilines is 3. The summed E-state index contributed by atoms with van der Waals surface area (Å²) < 4.78 is 9.09. The van der Waals surface area contributed by atoms with Gasteiger partial charge in [0.2, 0.25) is 0 Å². The molecule has 0 N–H and O–H groups in total. The Morgan fingerprint density at radius 2 is 0.967 bits per heavy atom. The zero-order valence-electron chi connectivity index (χ0n) is 33.2. The maximum absolute atomic E-state index is 6.70. The molecule has 0 aliphatic heterocycles. The number of aromatic nitrogens is 1. The highest BCUT2D eigenvalue weighted by Crippen LogP contribution is 2.46. The van der Waals surface area contributed by atoms with E-state index in [0.29, 0.717) is 0 Å². The Bertz CT molecular complexity index is 3540. The van der Waals surface area contributed by atoms with Crippen molar-refractivity contribution in [2.45, 2.75) is 0 Å². The molecule has 0 radical (unpaired) electrons. The molecule has 12 rings (SSSR count). The first kappa shape index (κ1) is 34.9. The second-order valence-corrected chi connectivity index (χ2v) is 15.7. The van der Waals surface area contributed by atoms with Crippen molar-refractivity contribution in [3.05, 3.63) is 231 Å². The van der Waals surface area contributed by atoms with E-state index in [1.807, 2.05) is 0 Å². The molecule has 0 atom stereocenters. The normalized spacial score (nSPS) is 11.6. The van der Waals surface area contributed by atoms with Gasteiger partial charge in [-0.2, -0.15) is 0 Å². The van der Waals surface area contributed by atoms with E-state index in [-0.39, 0.29) is 0 Å². The van der Waals surface area contributed by atoms with Gasteiger partial charge in [-0.15, -0.1) is 0 Å². The van der Waals surface area contributed by atoms with E-state index in [1.165, 1.54) is 43.9 Å². The van der Waals surface area contributed by atoms with Crippen molar-refractivity contribution >= 4 is 71.6 Å². The molecule has 0 aliphatic carbocycles. The summed E-state index contributed by atoms with van der Waals surface area (Å²) in [6, 6.07) is 82.9. The second kappa shape index (κ2) is 14.3. The summed E-state index contributed by atoms with van der Waals surface area (Å²) in [7, 11) is 0. The fourth-order valence-electron chi connectivity index (χ4n) is 9.39. The Balaban J connectivity index is 1.06. The molecule has 0 saturated carbocycles. The highest BCUT2D eigenvalue weighted by molar-refractivity contribution is 6.20. The molecule has 2 heterocycles. The van der Waals surface area contributed by atoms with Gasteiger partial charge in [0.25, 0.3) is 0 Å². The molecule has 0 unspecified atom stereocenters. The predicted octanol–water partition coefficient (Wildman–Crippen LogP) is 16.3. The van der Waals surface area contributed by atoms with Gasteiger partial charge in [0.05, 0.1) is 16.7 Å². The SMILES string of the molecule is c1ccc(-c2cccc(-c3ccc(N(c4cccc(-n5c6ccccc6c6ccccc65)c4)c4ccccc4-c4cccc5oc6c7ccccc7ccc6c45)cc3)c2)cc1. The minimum absolute atomic E-state index is 0.876. The molecular formula is C58H38N2O. The number of rotatable bonds is 7. The van der Waals surface area contributed by atoms with Crippen LogP contribution in [0, 0.1) is 0 Å². The van der Waals surface area contributed by atoms with Crippen LogP contribution in [-0.4, -0.2) is 4.57 Å². The van der Waals surface area contributed by atoms with E-state index in [1.54, 1.807) is 0 Å². The van der Waals surface area contributed by atoms with E-state index >= 15 is 0 Å². The molecule has 3 nitrogen and oxygen atoms in total. The molecule has 10 aromatic carbocycles. The molecule has 0 fully saturated rings. The molecule has 286 valence electrons. The molecule has 0 aliphatic rings. The van der Waals surface area contributed by atoms with Crippen LogP contribution in [0.5, 0.6) is 0 Å². The summed E-state index contributed by atoms with van der Waals surface area (Å²) >= 11 is 0. The predicted molar refractivity (Wildman–Crippen MR) is 257 cm³/mol. The number of nitrogens with zero attached hydrogens (tertiary/aromatic N) is 2. The number of para-hydroxylation sites is 3. The summed E-state index contributed by atoms with van der Waals surface area (Å²) in [6.07, 6.45) is 0. The first-order valence-corrected chi connectivity index (χ1v) is 20.8. The lowest BCUT2D eigenvalue weighted by Gasteiger charge is -2.29. The Morgan fingerprint density at radius 1 is 0.361 bits per heavy atom. The summed E-state index contributed by atoms with van der Waals surface area (Å²) in [5, 5.41) is 7.00. The van der Waals surface area contributed by atoms with Gasteiger partial charge in [0, 0.05) is 49.6 Å². The number of furan rings is 1. The second-order valence-electron chi connectivity index (χ2n) is 15.7. The minimum atomic E-state index is 0.876. The van der Waals surface area contributed by atoms with Crippen molar-refractivity contribution in [3.8, 4) is 39.1 Å². The first-order chi connectivity index (χ1) is 30.3. The van der Waals surface area contributed by atoms with Crippen LogP contribution in [0.3, 0.4) is 0 Å². The lowest BCUT2D eigenvalue weighted by atomic mass is 9.96. The number of hydrogen-bond acceptors (Lipinski definition) is 2. The summed E-state index contributed by atoms with van der Waals surface area (Å²) in [5.41, 5.74) is 15.4. The third kappa shape index (κ3) is 5.82. The first-order valence-electron chi connectivity index (χ1n) is 20.8. The fourth-order valence-corrected chi connectivity index (χ4v) is 9.39. The minimum Gasteiger partial charge on any atom is -0.455 e. The highest BCUT2D eigenvalue weighted by atomic mass is 16.3. The van der Waals surface area contributed by atoms with Crippen molar-refractivity contribution in [2.75, 3.05) is 4.90 Å². The highest BCUT2D eigenvalue weighted by Gasteiger charge is 2.22. The fraction of sp³-hybridized carbons (Fsp3) is 0. The van der Waals surface area contributed by atoms with Gasteiger partial charge in [-0.05, 0) is 99.9 Å². The van der Waals surface area contributed by atoms with Gasteiger partial charge in [-0.3, -0.25) is 0 Å². The van der Waals surface area contributed by atoms with E-state index in [0.717, 1.165) is 66.8 Å². The van der Waals surface area contributed by atoms with Crippen LogP contribution in [0.2, 0.25) is 0 Å². The van der Waals surface area contributed by atoms with Crippen molar-refractivity contribution in [2.24, 2.45) is 0 Å².